The Morgan fingerprint density at radius 1 is 1.37 bits per heavy atom. The number of rotatable bonds is 8. The van der Waals surface area contributed by atoms with Gasteiger partial charge < -0.3 is 15.4 Å². The second-order valence-corrected chi connectivity index (χ2v) is 10.3. The number of fused-ring (bicyclic) bond motifs is 1. The summed E-state index contributed by atoms with van der Waals surface area (Å²) in [5.74, 6) is 4.08. The fourth-order valence-electron chi connectivity index (χ4n) is 3.41. The lowest BCUT2D eigenvalue weighted by atomic mass is 10.1. The summed E-state index contributed by atoms with van der Waals surface area (Å²) in [5.41, 5.74) is 0. The van der Waals surface area contributed by atoms with Crippen molar-refractivity contribution in [1.82, 2.24) is 29.7 Å². The Bertz CT molecular complexity index is 797. The number of aryl methyl sites for hydroxylation is 1. The van der Waals surface area contributed by atoms with Crippen molar-refractivity contribution in [2.45, 2.75) is 39.0 Å². The van der Waals surface area contributed by atoms with Gasteiger partial charge in [0.05, 0.1) is 18.8 Å². The monoisotopic (exact) mass is 573 g/mol. The number of nitrogens with one attached hydrogen (secondary N) is 2. The van der Waals surface area contributed by atoms with Crippen molar-refractivity contribution < 1.29 is 13.2 Å². The summed E-state index contributed by atoms with van der Waals surface area (Å²) in [6.07, 6.45) is 1.74. The molecule has 1 aromatic heterocycles. The summed E-state index contributed by atoms with van der Waals surface area (Å²) in [6, 6.07) is 0.160. The molecule has 0 bridgehead atoms. The maximum absolute atomic E-state index is 12.5. The number of aliphatic imine (C=N–C) groups is 1. The molecule has 13 heteroatoms. The van der Waals surface area contributed by atoms with E-state index in [0.717, 1.165) is 30.2 Å². The molecule has 1 atom stereocenters. The molecule has 0 aromatic carbocycles. The van der Waals surface area contributed by atoms with Crippen LogP contribution in [0.2, 0.25) is 0 Å². The van der Waals surface area contributed by atoms with Crippen LogP contribution in [0.25, 0.3) is 0 Å². The molecule has 0 saturated carbocycles. The van der Waals surface area contributed by atoms with Gasteiger partial charge in [0, 0.05) is 50.7 Å². The summed E-state index contributed by atoms with van der Waals surface area (Å²) in [4.78, 5) is 8.99. The molecular formula is C17H32IN7O3S2. The molecule has 3 rings (SSSR count). The zero-order valence-corrected chi connectivity index (χ0v) is 21.5. The van der Waals surface area contributed by atoms with E-state index in [2.05, 4.69) is 25.7 Å². The minimum atomic E-state index is -3.25. The fourth-order valence-corrected chi connectivity index (χ4v) is 5.86. The first kappa shape index (κ1) is 25.6. The quantitative estimate of drug-likeness (QED) is 0.259. The molecule has 172 valence electrons. The van der Waals surface area contributed by atoms with E-state index in [0.29, 0.717) is 44.6 Å². The summed E-state index contributed by atoms with van der Waals surface area (Å²) in [6.45, 7) is 5.24. The number of guanidine groups is 1. The maximum Gasteiger partial charge on any atom is 0.215 e. The second kappa shape index (κ2) is 12.4. The Labute approximate surface area is 200 Å². The highest BCUT2D eigenvalue weighted by Gasteiger charge is 2.24. The molecule has 30 heavy (non-hydrogen) atoms. The molecule has 1 fully saturated rings. The molecule has 0 amide bonds. The van der Waals surface area contributed by atoms with Gasteiger partial charge in [0.15, 0.2) is 11.8 Å². The Morgan fingerprint density at radius 3 is 2.83 bits per heavy atom. The summed E-state index contributed by atoms with van der Waals surface area (Å²) < 4.78 is 33.6. The number of ether oxygens (including phenoxy) is 1. The van der Waals surface area contributed by atoms with E-state index in [9.17, 15) is 8.42 Å². The van der Waals surface area contributed by atoms with Crippen LogP contribution in [0.5, 0.6) is 0 Å². The molecular weight excluding hydrogens is 541 g/mol. The highest BCUT2D eigenvalue weighted by atomic mass is 127. The van der Waals surface area contributed by atoms with E-state index >= 15 is 0 Å². The molecule has 2 N–H and O–H groups in total. The van der Waals surface area contributed by atoms with Crippen LogP contribution in [0.15, 0.2) is 4.99 Å². The highest BCUT2D eigenvalue weighted by Crippen LogP contribution is 2.14. The number of hydrogen-bond donors (Lipinski definition) is 2. The lowest BCUT2D eigenvalue weighted by Crippen LogP contribution is -2.47. The van der Waals surface area contributed by atoms with E-state index in [-0.39, 0.29) is 42.3 Å². The van der Waals surface area contributed by atoms with Crippen LogP contribution >= 0.6 is 35.7 Å². The molecule has 0 spiro atoms. The number of thioether (sulfide) groups is 1. The van der Waals surface area contributed by atoms with Gasteiger partial charge >= 0.3 is 0 Å². The predicted octanol–water partition coefficient (Wildman–Crippen LogP) is 0.291. The van der Waals surface area contributed by atoms with Crippen molar-refractivity contribution in [1.29, 1.82) is 0 Å². The average molecular weight is 574 g/mol. The van der Waals surface area contributed by atoms with Gasteiger partial charge in [0.2, 0.25) is 10.0 Å². The van der Waals surface area contributed by atoms with E-state index in [4.69, 9.17) is 4.74 Å². The van der Waals surface area contributed by atoms with Crippen LogP contribution in [0.4, 0.5) is 0 Å². The summed E-state index contributed by atoms with van der Waals surface area (Å²) >= 11 is 1.80. The lowest BCUT2D eigenvalue weighted by Gasteiger charge is -2.26. The van der Waals surface area contributed by atoms with E-state index in [1.165, 1.54) is 0 Å². The summed E-state index contributed by atoms with van der Waals surface area (Å²) in [5, 5.41) is 11.1. The van der Waals surface area contributed by atoms with Crippen LogP contribution in [0, 0.1) is 0 Å². The van der Waals surface area contributed by atoms with Gasteiger partial charge in [-0.25, -0.2) is 22.4 Å². The molecule has 0 radical (unpaired) electrons. The lowest BCUT2D eigenvalue weighted by molar-refractivity contribution is 0.177. The summed E-state index contributed by atoms with van der Waals surface area (Å²) in [7, 11) is -1.61. The van der Waals surface area contributed by atoms with E-state index < -0.39 is 10.0 Å². The zero-order valence-electron chi connectivity index (χ0n) is 17.5. The number of sulfonamides is 1. The molecule has 10 nitrogen and oxygen atoms in total. The third-order valence-corrected chi connectivity index (χ3v) is 7.64. The first-order valence-electron chi connectivity index (χ1n) is 10.0. The smallest absolute Gasteiger partial charge is 0.215 e. The van der Waals surface area contributed by atoms with Gasteiger partial charge in [-0.3, -0.25) is 4.99 Å². The van der Waals surface area contributed by atoms with Crippen molar-refractivity contribution >= 4 is 51.7 Å². The molecule has 1 saturated heterocycles. The molecule has 2 aliphatic rings. The SMILES string of the molecule is CCNC(=NCCS(=O)(=O)N1CCSCC1)NC1CCc2nc(COC)nn2C1.I. The number of aromatic nitrogens is 3. The number of nitrogens with zero attached hydrogens (tertiary/aromatic N) is 5. The largest absolute Gasteiger partial charge is 0.377 e. The van der Waals surface area contributed by atoms with Crippen LogP contribution in [0.3, 0.4) is 0 Å². The minimum absolute atomic E-state index is 0. The minimum Gasteiger partial charge on any atom is -0.377 e. The van der Waals surface area contributed by atoms with Crippen molar-refractivity contribution in [3.63, 3.8) is 0 Å². The van der Waals surface area contributed by atoms with Crippen molar-refractivity contribution in [3.8, 4) is 0 Å². The topological polar surface area (TPSA) is 114 Å². The molecule has 3 heterocycles. The van der Waals surface area contributed by atoms with E-state index in [1.807, 2.05) is 11.6 Å². The van der Waals surface area contributed by atoms with Crippen LogP contribution in [-0.4, -0.2) is 90.0 Å². The van der Waals surface area contributed by atoms with Gasteiger partial charge in [0.25, 0.3) is 0 Å². The van der Waals surface area contributed by atoms with Gasteiger partial charge in [0.1, 0.15) is 12.4 Å². The normalized spacial score (nSPS) is 20.3. The van der Waals surface area contributed by atoms with Gasteiger partial charge in [-0.1, -0.05) is 0 Å². The van der Waals surface area contributed by atoms with Crippen molar-refractivity contribution in [2.24, 2.45) is 4.99 Å². The van der Waals surface area contributed by atoms with E-state index in [1.54, 1.807) is 23.2 Å². The number of halogens is 1. The fraction of sp³-hybridized carbons (Fsp3) is 0.824. The maximum atomic E-state index is 12.5. The Balaban J connectivity index is 0.00000320. The van der Waals surface area contributed by atoms with Crippen LogP contribution < -0.4 is 10.6 Å². The number of hydrogen-bond acceptors (Lipinski definition) is 7. The highest BCUT2D eigenvalue weighted by molar-refractivity contribution is 14.0. The average Bonchev–Trinajstić information content (AvgIpc) is 3.10. The molecule has 2 aliphatic heterocycles. The first-order chi connectivity index (χ1) is 14.0. The van der Waals surface area contributed by atoms with Crippen molar-refractivity contribution in [2.75, 3.05) is 50.5 Å². The Kier molecular flexibility index (Phi) is 10.6. The van der Waals surface area contributed by atoms with Gasteiger partial charge in [-0.15, -0.1) is 24.0 Å². The van der Waals surface area contributed by atoms with Crippen LogP contribution in [-0.2, 0) is 34.3 Å². The third-order valence-electron chi connectivity index (χ3n) is 4.84. The third kappa shape index (κ3) is 7.21. The van der Waals surface area contributed by atoms with Gasteiger partial charge in [-0.05, 0) is 13.3 Å². The Hall–Kier alpha value is -0.640. The standard InChI is InChI=1S/C17H31N7O3S2.HI/c1-3-18-17(19-6-11-29(25,26)23-7-9-28-10-8-23)20-14-4-5-16-21-15(13-27-2)22-24(16)12-14;/h14H,3-13H2,1-2H3,(H2,18,19,20);1H. The van der Waals surface area contributed by atoms with Crippen molar-refractivity contribution in [3.05, 3.63) is 11.6 Å². The number of methoxy groups -OCH3 is 1. The van der Waals surface area contributed by atoms with Crippen LogP contribution in [0.1, 0.15) is 25.0 Å². The zero-order chi connectivity index (χ0) is 20.7. The predicted molar refractivity (Wildman–Crippen MR) is 130 cm³/mol. The molecule has 0 aliphatic carbocycles. The first-order valence-corrected chi connectivity index (χ1v) is 12.8. The molecule has 1 aromatic rings. The second-order valence-electron chi connectivity index (χ2n) is 7.03. The van der Waals surface area contributed by atoms with Gasteiger partial charge in [-0.2, -0.15) is 16.9 Å². The molecule has 1 unspecified atom stereocenters. The Morgan fingerprint density at radius 2 is 2.13 bits per heavy atom.